The molecule has 9 heteroatoms. The van der Waals surface area contributed by atoms with Crippen LogP contribution in [0.25, 0.3) is 0 Å². The zero-order valence-electron chi connectivity index (χ0n) is 14.6. The third kappa shape index (κ3) is 4.24. The number of nitrogens with one attached hydrogen (secondary N) is 2. The van der Waals surface area contributed by atoms with Gasteiger partial charge in [-0.2, -0.15) is 13.2 Å². The maximum atomic E-state index is 13.1. The van der Waals surface area contributed by atoms with E-state index in [1.807, 2.05) is 0 Å². The average Bonchev–Trinajstić information content (AvgIpc) is 3.20. The van der Waals surface area contributed by atoms with Crippen LogP contribution >= 0.6 is 0 Å². The number of hydrogen-bond acceptors (Lipinski definition) is 4. The molecule has 1 unspecified atom stereocenters. The van der Waals surface area contributed by atoms with Crippen molar-refractivity contribution in [1.82, 2.24) is 10.9 Å². The van der Waals surface area contributed by atoms with Gasteiger partial charge >= 0.3 is 6.18 Å². The first-order valence-electron chi connectivity index (χ1n) is 8.80. The van der Waals surface area contributed by atoms with Gasteiger partial charge in [-0.15, -0.1) is 0 Å². The van der Waals surface area contributed by atoms with E-state index in [9.17, 15) is 22.8 Å². The van der Waals surface area contributed by atoms with Crippen molar-refractivity contribution in [2.24, 2.45) is 0 Å². The maximum absolute atomic E-state index is 13.1. The Bertz CT molecular complexity index is 696. The number of halogens is 3. The van der Waals surface area contributed by atoms with Crippen LogP contribution in [0.3, 0.4) is 0 Å². The molecule has 2 fully saturated rings. The van der Waals surface area contributed by atoms with Crippen molar-refractivity contribution in [3.63, 3.8) is 0 Å². The first-order chi connectivity index (χ1) is 12.8. The molecule has 2 N–H and O–H groups in total. The van der Waals surface area contributed by atoms with Gasteiger partial charge in [0.25, 0.3) is 5.91 Å². The molecule has 2 heterocycles. The number of amides is 2. The van der Waals surface area contributed by atoms with Crippen LogP contribution in [0.2, 0.25) is 0 Å². The number of hydrogen-bond donors (Lipinski definition) is 2. The fourth-order valence-electron chi connectivity index (χ4n) is 3.46. The second-order valence-corrected chi connectivity index (χ2v) is 6.72. The largest absolute Gasteiger partial charge is 0.416 e. The fraction of sp³-hybridized carbons (Fsp3) is 0.556. The van der Waals surface area contributed by atoms with Crippen LogP contribution in [-0.4, -0.2) is 37.7 Å². The summed E-state index contributed by atoms with van der Waals surface area (Å²) in [6.07, 6.45) is -3.37. The van der Waals surface area contributed by atoms with Crippen LogP contribution in [0.4, 0.5) is 13.2 Å². The molecule has 148 valence electrons. The number of ether oxygens (including phenoxy) is 2. The lowest BCUT2D eigenvalue weighted by Crippen LogP contribution is -2.55. The van der Waals surface area contributed by atoms with Gasteiger partial charge in [-0.3, -0.25) is 20.4 Å². The minimum Gasteiger partial charge on any atom is -0.381 e. The molecular formula is C18H21F3N2O4. The third-order valence-electron chi connectivity index (χ3n) is 5.04. The predicted molar refractivity (Wildman–Crippen MR) is 88.4 cm³/mol. The zero-order valence-corrected chi connectivity index (χ0v) is 14.6. The third-order valence-corrected chi connectivity index (χ3v) is 5.04. The molecule has 27 heavy (non-hydrogen) atoms. The van der Waals surface area contributed by atoms with Gasteiger partial charge in [-0.25, -0.2) is 0 Å². The highest BCUT2D eigenvalue weighted by Gasteiger charge is 2.43. The Labute approximate surface area is 154 Å². The van der Waals surface area contributed by atoms with Crippen LogP contribution in [0.5, 0.6) is 0 Å². The molecule has 2 aliphatic heterocycles. The molecule has 1 atom stereocenters. The molecule has 0 aliphatic carbocycles. The van der Waals surface area contributed by atoms with E-state index in [2.05, 4.69) is 10.9 Å². The van der Waals surface area contributed by atoms with E-state index in [1.54, 1.807) is 0 Å². The molecule has 1 aromatic carbocycles. The zero-order chi connectivity index (χ0) is 19.5. The minimum absolute atomic E-state index is 0.218. The number of hydrazine groups is 1. The van der Waals surface area contributed by atoms with Crippen LogP contribution in [0.15, 0.2) is 24.3 Å². The van der Waals surface area contributed by atoms with E-state index in [0.29, 0.717) is 13.0 Å². The first-order valence-corrected chi connectivity index (χ1v) is 8.80. The van der Waals surface area contributed by atoms with Gasteiger partial charge in [-0.05, 0) is 37.3 Å². The summed E-state index contributed by atoms with van der Waals surface area (Å²) in [7, 11) is 0. The van der Waals surface area contributed by atoms with E-state index in [-0.39, 0.29) is 31.6 Å². The summed E-state index contributed by atoms with van der Waals surface area (Å²) in [6, 6.07) is 4.75. The molecule has 0 aromatic heterocycles. The van der Waals surface area contributed by atoms with Crippen molar-refractivity contribution >= 4 is 11.8 Å². The van der Waals surface area contributed by atoms with E-state index in [0.717, 1.165) is 18.6 Å². The molecule has 0 spiro atoms. The molecular weight excluding hydrogens is 365 g/mol. The lowest BCUT2D eigenvalue weighted by molar-refractivity contribution is -0.139. The van der Waals surface area contributed by atoms with Gasteiger partial charge in [0.05, 0.1) is 11.0 Å². The summed E-state index contributed by atoms with van der Waals surface area (Å²) in [5.41, 5.74) is 2.94. The van der Waals surface area contributed by atoms with Crippen LogP contribution in [-0.2, 0) is 30.7 Å². The van der Waals surface area contributed by atoms with Crippen LogP contribution in [0, 0.1) is 0 Å². The predicted octanol–water partition coefficient (Wildman–Crippen LogP) is 2.08. The summed E-state index contributed by atoms with van der Waals surface area (Å²) < 4.78 is 49.8. The average molecular weight is 386 g/mol. The van der Waals surface area contributed by atoms with Crippen molar-refractivity contribution in [3.05, 3.63) is 35.4 Å². The topological polar surface area (TPSA) is 76.7 Å². The van der Waals surface area contributed by atoms with Crippen LogP contribution in [0.1, 0.15) is 36.8 Å². The van der Waals surface area contributed by atoms with Crippen molar-refractivity contribution in [2.45, 2.75) is 43.4 Å². The fourth-order valence-corrected chi connectivity index (χ4v) is 3.46. The van der Waals surface area contributed by atoms with Crippen molar-refractivity contribution in [2.75, 3.05) is 19.8 Å². The lowest BCUT2D eigenvalue weighted by Gasteiger charge is -2.36. The maximum Gasteiger partial charge on any atom is 0.416 e. The normalized spacial score (nSPS) is 22.3. The molecule has 2 amide bonds. The Morgan fingerprint density at radius 2 is 1.85 bits per heavy atom. The second-order valence-electron chi connectivity index (χ2n) is 6.72. The van der Waals surface area contributed by atoms with Gasteiger partial charge in [0.15, 0.2) is 0 Å². The van der Waals surface area contributed by atoms with E-state index < -0.39 is 35.1 Å². The summed E-state index contributed by atoms with van der Waals surface area (Å²) in [5, 5.41) is 0. The number of alkyl halides is 3. The highest BCUT2D eigenvalue weighted by molar-refractivity contribution is 5.91. The van der Waals surface area contributed by atoms with Gasteiger partial charge < -0.3 is 9.47 Å². The number of carbonyl (C=O) groups is 2. The summed E-state index contributed by atoms with van der Waals surface area (Å²) in [5.74, 6) is -1.02. The molecule has 0 radical (unpaired) electrons. The lowest BCUT2D eigenvalue weighted by atomic mass is 9.73. The molecule has 0 saturated carbocycles. The summed E-state index contributed by atoms with van der Waals surface area (Å²) in [4.78, 5) is 24.9. The molecule has 0 bridgehead atoms. The van der Waals surface area contributed by atoms with Gasteiger partial charge in [-0.1, -0.05) is 18.2 Å². The number of rotatable bonds is 3. The molecule has 3 rings (SSSR count). The quantitative estimate of drug-likeness (QED) is 0.780. The second kappa shape index (κ2) is 7.85. The Morgan fingerprint density at radius 1 is 1.11 bits per heavy atom. The van der Waals surface area contributed by atoms with Gasteiger partial charge in [0, 0.05) is 19.8 Å². The Morgan fingerprint density at radius 3 is 2.48 bits per heavy atom. The standard InChI is InChI=1S/C18H21F3N2O4/c19-18(20,21)13-4-1-3-12(11-13)17(6-9-26-10-7-17)16(25)23-22-15(24)14-5-2-8-27-14/h1,3-4,11,14H,2,5-10H2,(H,22,24)(H,23,25). The van der Waals surface area contributed by atoms with Gasteiger partial charge in [0.1, 0.15) is 6.10 Å². The number of benzene rings is 1. The molecule has 2 saturated heterocycles. The van der Waals surface area contributed by atoms with E-state index >= 15 is 0 Å². The Balaban J connectivity index is 1.80. The van der Waals surface area contributed by atoms with Crippen molar-refractivity contribution in [1.29, 1.82) is 0 Å². The number of carbonyl (C=O) groups excluding carboxylic acids is 2. The smallest absolute Gasteiger partial charge is 0.381 e. The minimum atomic E-state index is -4.51. The van der Waals surface area contributed by atoms with Gasteiger partial charge in [0.2, 0.25) is 5.91 Å². The highest BCUT2D eigenvalue weighted by Crippen LogP contribution is 2.38. The monoisotopic (exact) mass is 386 g/mol. The van der Waals surface area contributed by atoms with Crippen LogP contribution < -0.4 is 10.9 Å². The van der Waals surface area contributed by atoms with E-state index in [1.165, 1.54) is 12.1 Å². The Kier molecular flexibility index (Phi) is 5.71. The van der Waals surface area contributed by atoms with Crippen molar-refractivity contribution < 1.29 is 32.2 Å². The summed E-state index contributed by atoms with van der Waals surface area (Å²) in [6.45, 7) is 0.963. The first kappa shape index (κ1) is 19.6. The molecule has 2 aliphatic rings. The molecule has 6 nitrogen and oxygen atoms in total. The summed E-state index contributed by atoms with van der Waals surface area (Å²) >= 11 is 0. The molecule has 1 aromatic rings. The Hall–Kier alpha value is -2.13. The SMILES string of the molecule is O=C(NNC(=O)C1(c2cccc(C(F)(F)F)c2)CCOCC1)C1CCCO1. The van der Waals surface area contributed by atoms with E-state index in [4.69, 9.17) is 9.47 Å². The van der Waals surface area contributed by atoms with Crippen molar-refractivity contribution in [3.8, 4) is 0 Å². The highest BCUT2D eigenvalue weighted by atomic mass is 19.4.